The van der Waals surface area contributed by atoms with Crippen molar-refractivity contribution in [2.45, 2.75) is 10.6 Å². The van der Waals surface area contributed by atoms with Crippen LogP contribution in [0.25, 0.3) is 11.1 Å². The lowest BCUT2D eigenvalue weighted by atomic mass is 10.1. The van der Waals surface area contributed by atoms with Crippen molar-refractivity contribution in [3.63, 3.8) is 0 Å². The molecule has 0 spiro atoms. The average Bonchev–Trinajstić information content (AvgIpc) is 2.81. The highest BCUT2D eigenvalue weighted by Crippen LogP contribution is 2.37. The molecule has 0 amide bonds. The highest BCUT2D eigenvalue weighted by molar-refractivity contribution is 7.98. The molecule has 1 N–H and O–H groups in total. The molecule has 154 valence electrons. The molecule has 3 aromatic carbocycles. The first-order valence-corrected chi connectivity index (χ1v) is 10.5. The molecule has 5 nitrogen and oxygen atoms in total. The molecule has 31 heavy (non-hydrogen) atoms. The van der Waals surface area contributed by atoms with E-state index in [4.69, 9.17) is 9.15 Å². The quantitative estimate of drug-likeness (QED) is 0.246. The van der Waals surface area contributed by atoms with E-state index < -0.39 is 11.6 Å². The van der Waals surface area contributed by atoms with Gasteiger partial charge < -0.3 is 14.3 Å². The van der Waals surface area contributed by atoms with Crippen molar-refractivity contribution in [2.24, 2.45) is 0 Å². The van der Waals surface area contributed by atoms with Crippen molar-refractivity contribution in [1.82, 2.24) is 0 Å². The van der Waals surface area contributed by atoms with E-state index in [1.54, 1.807) is 48.5 Å². The van der Waals surface area contributed by atoms with Crippen LogP contribution in [-0.2, 0) is 5.75 Å². The summed E-state index contributed by atoms with van der Waals surface area (Å²) in [6.45, 7) is 0. The van der Waals surface area contributed by atoms with Crippen LogP contribution in [0.2, 0.25) is 0 Å². The molecule has 4 aromatic rings. The van der Waals surface area contributed by atoms with Crippen molar-refractivity contribution in [1.29, 1.82) is 0 Å². The van der Waals surface area contributed by atoms with Gasteiger partial charge in [0.25, 0.3) is 0 Å². The molecule has 0 saturated heterocycles. The van der Waals surface area contributed by atoms with Gasteiger partial charge in [0.15, 0.2) is 0 Å². The number of aromatic hydroxyl groups is 1. The second kappa shape index (κ2) is 9.36. The molecule has 1 aromatic heterocycles. The smallest absolute Gasteiger partial charge is 0.353 e. The summed E-state index contributed by atoms with van der Waals surface area (Å²) in [6.07, 6.45) is 1.23. The van der Waals surface area contributed by atoms with Gasteiger partial charge >= 0.3 is 11.6 Å². The van der Waals surface area contributed by atoms with Gasteiger partial charge in [0.2, 0.25) is 0 Å². The van der Waals surface area contributed by atoms with E-state index in [0.29, 0.717) is 28.2 Å². The van der Waals surface area contributed by atoms with Crippen molar-refractivity contribution >= 4 is 17.7 Å². The number of carbonyl (C=O) groups excluding carboxylic acids is 1. The van der Waals surface area contributed by atoms with Gasteiger partial charge in [0.05, 0.1) is 11.1 Å². The molecule has 0 aliphatic carbocycles. The van der Waals surface area contributed by atoms with Gasteiger partial charge in [0.1, 0.15) is 22.7 Å². The summed E-state index contributed by atoms with van der Waals surface area (Å²) in [4.78, 5) is 24.5. The molecule has 0 radical (unpaired) electrons. The minimum Gasteiger partial charge on any atom is -0.506 e. The van der Waals surface area contributed by atoms with Gasteiger partial charge in [-0.15, -0.1) is 11.8 Å². The topological polar surface area (TPSA) is 76.7 Å². The van der Waals surface area contributed by atoms with Crippen LogP contribution < -0.4 is 10.4 Å². The molecular formula is C25H18O5S. The summed E-state index contributed by atoms with van der Waals surface area (Å²) in [6, 6.07) is 25.0. The Hall–Kier alpha value is -3.77. The maximum absolute atomic E-state index is 12.2. The number of hydrogen-bond donors (Lipinski definition) is 1. The lowest BCUT2D eigenvalue weighted by molar-refractivity contribution is 0.0734. The SMILES string of the molecule is O=C(Oc1ccc(-c2coc(=O)c(SCc3ccccc3)c2O)cc1)c1ccccc1. The van der Waals surface area contributed by atoms with E-state index in [0.717, 1.165) is 5.56 Å². The Morgan fingerprint density at radius 3 is 2.23 bits per heavy atom. The molecule has 0 aliphatic heterocycles. The van der Waals surface area contributed by atoms with Gasteiger partial charge in [-0.05, 0) is 35.4 Å². The van der Waals surface area contributed by atoms with Gasteiger partial charge in [0, 0.05) is 5.75 Å². The number of thioether (sulfide) groups is 1. The highest BCUT2D eigenvalue weighted by atomic mass is 32.2. The zero-order valence-corrected chi connectivity index (χ0v) is 17.2. The number of esters is 1. The summed E-state index contributed by atoms with van der Waals surface area (Å²) in [5, 5.41) is 10.7. The third kappa shape index (κ3) is 4.87. The Kier molecular flexibility index (Phi) is 6.19. The van der Waals surface area contributed by atoms with Gasteiger partial charge in [-0.3, -0.25) is 0 Å². The van der Waals surface area contributed by atoms with Crippen LogP contribution in [0.5, 0.6) is 11.5 Å². The normalized spacial score (nSPS) is 10.6. The minimum absolute atomic E-state index is 0.133. The predicted molar refractivity (Wildman–Crippen MR) is 119 cm³/mol. The van der Waals surface area contributed by atoms with E-state index >= 15 is 0 Å². The third-order valence-corrected chi connectivity index (χ3v) is 5.68. The first-order valence-electron chi connectivity index (χ1n) is 9.51. The molecule has 0 atom stereocenters. The zero-order valence-electron chi connectivity index (χ0n) is 16.4. The second-order valence-electron chi connectivity index (χ2n) is 6.67. The largest absolute Gasteiger partial charge is 0.506 e. The summed E-state index contributed by atoms with van der Waals surface area (Å²) < 4.78 is 10.5. The minimum atomic E-state index is -0.587. The van der Waals surface area contributed by atoms with Crippen molar-refractivity contribution < 1.29 is 19.1 Å². The van der Waals surface area contributed by atoms with Crippen LogP contribution in [0, 0.1) is 0 Å². The third-order valence-electron chi connectivity index (χ3n) is 4.55. The Balaban J connectivity index is 1.52. The molecule has 1 heterocycles. The zero-order chi connectivity index (χ0) is 21.6. The van der Waals surface area contributed by atoms with Crippen LogP contribution in [-0.4, -0.2) is 11.1 Å². The maximum atomic E-state index is 12.2. The van der Waals surface area contributed by atoms with Crippen LogP contribution in [0.4, 0.5) is 0 Å². The number of ether oxygens (including phenoxy) is 1. The summed E-state index contributed by atoms with van der Waals surface area (Å²) in [7, 11) is 0. The second-order valence-corrected chi connectivity index (χ2v) is 7.65. The number of benzene rings is 3. The number of rotatable bonds is 6. The molecule has 0 fully saturated rings. The van der Waals surface area contributed by atoms with Crippen molar-refractivity contribution in [3.8, 4) is 22.6 Å². The highest BCUT2D eigenvalue weighted by Gasteiger charge is 2.16. The first-order chi connectivity index (χ1) is 15.1. The lowest BCUT2D eigenvalue weighted by Gasteiger charge is -2.09. The molecule has 6 heteroatoms. The molecule has 4 rings (SSSR count). The van der Waals surface area contributed by atoms with Crippen LogP contribution >= 0.6 is 11.8 Å². The van der Waals surface area contributed by atoms with E-state index in [2.05, 4.69) is 0 Å². The van der Waals surface area contributed by atoms with Crippen LogP contribution in [0.3, 0.4) is 0 Å². The van der Waals surface area contributed by atoms with E-state index in [1.165, 1.54) is 18.0 Å². The summed E-state index contributed by atoms with van der Waals surface area (Å²) in [5.41, 5.74) is 1.91. The Morgan fingerprint density at radius 1 is 0.903 bits per heavy atom. The van der Waals surface area contributed by atoms with Gasteiger partial charge in [-0.1, -0.05) is 60.7 Å². The van der Waals surface area contributed by atoms with E-state index in [-0.39, 0.29) is 10.6 Å². The van der Waals surface area contributed by atoms with Crippen molar-refractivity contribution in [3.05, 3.63) is 113 Å². The monoisotopic (exact) mass is 430 g/mol. The number of carbonyl (C=O) groups is 1. The first kappa shape index (κ1) is 20.5. The molecule has 0 unspecified atom stereocenters. The fourth-order valence-corrected chi connectivity index (χ4v) is 3.86. The van der Waals surface area contributed by atoms with Crippen LogP contribution in [0.15, 0.2) is 105 Å². The Morgan fingerprint density at radius 2 is 1.55 bits per heavy atom. The summed E-state index contributed by atoms with van der Waals surface area (Å²) in [5.74, 6) is 0.303. The Bertz CT molecular complexity index is 1230. The maximum Gasteiger partial charge on any atom is 0.353 e. The standard InChI is InChI=1S/C25H18O5S/c26-22-21(15-29-25(28)23(22)31-16-17-7-3-1-4-8-17)18-11-13-20(14-12-18)30-24(27)19-9-5-2-6-10-19/h1-15,26H,16H2. The van der Waals surface area contributed by atoms with E-state index in [9.17, 15) is 14.7 Å². The van der Waals surface area contributed by atoms with Gasteiger partial charge in [-0.2, -0.15) is 0 Å². The Labute approximate surface area is 182 Å². The fraction of sp³-hybridized carbons (Fsp3) is 0.0400. The average molecular weight is 430 g/mol. The van der Waals surface area contributed by atoms with Crippen LogP contribution in [0.1, 0.15) is 15.9 Å². The van der Waals surface area contributed by atoms with E-state index in [1.807, 2.05) is 36.4 Å². The fourth-order valence-electron chi connectivity index (χ4n) is 2.95. The molecule has 0 saturated carbocycles. The van der Waals surface area contributed by atoms with Gasteiger partial charge in [-0.25, -0.2) is 9.59 Å². The molecule has 0 bridgehead atoms. The van der Waals surface area contributed by atoms with Crippen molar-refractivity contribution in [2.75, 3.05) is 0 Å². The number of hydrogen-bond acceptors (Lipinski definition) is 6. The lowest BCUT2D eigenvalue weighted by Crippen LogP contribution is -2.08. The molecule has 0 aliphatic rings. The summed E-state index contributed by atoms with van der Waals surface area (Å²) >= 11 is 1.22. The molecular weight excluding hydrogens is 412 g/mol. The predicted octanol–water partition coefficient (Wildman–Crippen LogP) is 5.52.